The molecule has 1 fully saturated rings. The van der Waals surface area contributed by atoms with E-state index in [0.29, 0.717) is 19.4 Å². The van der Waals surface area contributed by atoms with Crippen molar-refractivity contribution in [3.63, 3.8) is 0 Å². The summed E-state index contributed by atoms with van der Waals surface area (Å²) in [6, 6.07) is 0. The van der Waals surface area contributed by atoms with Gasteiger partial charge in [0.2, 0.25) is 0 Å². The van der Waals surface area contributed by atoms with E-state index in [1.165, 1.54) is 0 Å². The number of carbonyl (C=O) groups is 1. The van der Waals surface area contributed by atoms with Gasteiger partial charge >= 0.3 is 0 Å². The average Bonchev–Trinajstić information content (AvgIpc) is 2.20. The number of hydrogen-bond donors (Lipinski definition) is 1. The van der Waals surface area contributed by atoms with Gasteiger partial charge in [-0.2, -0.15) is 0 Å². The molecule has 2 atom stereocenters. The highest BCUT2D eigenvalue weighted by Crippen LogP contribution is 2.32. The zero-order valence-corrected chi connectivity index (χ0v) is 9.25. The molecule has 3 heteroatoms. The molecule has 0 aromatic heterocycles. The minimum Gasteiger partial charge on any atom is -0.396 e. The molecule has 1 aliphatic heterocycles. The largest absolute Gasteiger partial charge is 0.396 e. The van der Waals surface area contributed by atoms with E-state index in [4.69, 9.17) is 9.84 Å². The van der Waals surface area contributed by atoms with Gasteiger partial charge in [-0.25, -0.2) is 0 Å². The first kappa shape index (κ1) is 11.7. The Balaban J connectivity index is 2.68. The van der Waals surface area contributed by atoms with E-state index in [1.807, 2.05) is 20.8 Å². The Labute approximate surface area is 85.5 Å². The van der Waals surface area contributed by atoms with E-state index in [1.54, 1.807) is 0 Å². The third kappa shape index (κ3) is 2.34. The molecule has 1 aliphatic rings. The first-order valence-electron chi connectivity index (χ1n) is 5.24. The molecule has 0 aliphatic carbocycles. The van der Waals surface area contributed by atoms with Gasteiger partial charge in [-0.3, -0.25) is 4.79 Å². The van der Waals surface area contributed by atoms with Crippen LogP contribution >= 0.6 is 0 Å². The van der Waals surface area contributed by atoms with Crippen molar-refractivity contribution in [2.75, 3.05) is 13.2 Å². The van der Waals surface area contributed by atoms with Gasteiger partial charge in [-0.15, -0.1) is 0 Å². The van der Waals surface area contributed by atoms with Crippen LogP contribution in [0.25, 0.3) is 0 Å². The molecule has 0 unspecified atom stereocenters. The molecule has 0 amide bonds. The summed E-state index contributed by atoms with van der Waals surface area (Å²) in [5.74, 6) is 0.442. The minimum atomic E-state index is -0.385. The number of ketones is 1. The summed E-state index contributed by atoms with van der Waals surface area (Å²) >= 11 is 0. The van der Waals surface area contributed by atoms with Gasteiger partial charge in [0.25, 0.3) is 0 Å². The fraction of sp³-hybridized carbons (Fsp3) is 0.909. The Kier molecular flexibility index (Phi) is 3.67. The van der Waals surface area contributed by atoms with Crippen molar-refractivity contribution >= 4 is 5.78 Å². The van der Waals surface area contributed by atoms with Crippen molar-refractivity contribution in [1.29, 1.82) is 0 Å². The van der Waals surface area contributed by atoms with Crippen LogP contribution in [-0.2, 0) is 9.53 Å². The molecule has 0 aromatic rings. The standard InChI is InChI=1S/C11H20O3/c1-8-11(2,3)10(13)6-9(4-5-12)7-14-8/h8-9,12H,4-7H2,1-3H3/t8-,9+/m0/s1. The van der Waals surface area contributed by atoms with Crippen molar-refractivity contribution in [1.82, 2.24) is 0 Å². The molecule has 0 aromatic carbocycles. The minimum absolute atomic E-state index is 0.0290. The Hall–Kier alpha value is -0.410. The van der Waals surface area contributed by atoms with E-state index in [9.17, 15) is 4.79 Å². The third-order valence-corrected chi connectivity index (χ3v) is 3.33. The third-order valence-electron chi connectivity index (χ3n) is 3.33. The maximum absolute atomic E-state index is 11.9. The van der Waals surface area contributed by atoms with Crippen molar-refractivity contribution in [3.05, 3.63) is 0 Å². The highest BCUT2D eigenvalue weighted by molar-refractivity contribution is 5.85. The lowest BCUT2D eigenvalue weighted by molar-refractivity contribution is -0.131. The molecule has 3 nitrogen and oxygen atoms in total. The highest BCUT2D eigenvalue weighted by atomic mass is 16.5. The first-order valence-corrected chi connectivity index (χ1v) is 5.24. The summed E-state index contributed by atoms with van der Waals surface area (Å²) in [6.07, 6.45) is 1.17. The van der Waals surface area contributed by atoms with Crippen LogP contribution in [0, 0.1) is 11.3 Å². The van der Waals surface area contributed by atoms with Gasteiger partial charge in [0.05, 0.1) is 12.7 Å². The quantitative estimate of drug-likeness (QED) is 0.732. The number of rotatable bonds is 2. The highest BCUT2D eigenvalue weighted by Gasteiger charge is 2.38. The summed E-state index contributed by atoms with van der Waals surface area (Å²) < 4.78 is 5.62. The van der Waals surface area contributed by atoms with Gasteiger partial charge in [-0.05, 0) is 19.3 Å². The van der Waals surface area contributed by atoms with Gasteiger partial charge in [0.15, 0.2) is 0 Å². The number of hydrogen-bond acceptors (Lipinski definition) is 3. The lowest BCUT2D eigenvalue weighted by atomic mass is 9.80. The topological polar surface area (TPSA) is 46.5 Å². The predicted molar refractivity (Wildman–Crippen MR) is 54.0 cm³/mol. The number of ether oxygens (including phenoxy) is 1. The Morgan fingerprint density at radius 1 is 1.57 bits per heavy atom. The maximum atomic E-state index is 11.9. The zero-order chi connectivity index (χ0) is 10.8. The lowest BCUT2D eigenvalue weighted by Crippen LogP contribution is -2.34. The summed E-state index contributed by atoms with van der Waals surface area (Å²) in [4.78, 5) is 11.9. The first-order chi connectivity index (χ1) is 6.48. The average molecular weight is 200 g/mol. The van der Waals surface area contributed by atoms with Gasteiger partial charge in [0.1, 0.15) is 5.78 Å². The van der Waals surface area contributed by atoms with Crippen LogP contribution in [0.4, 0.5) is 0 Å². The molecule has 0 saturated carbocycles. The van der Waals surface area contributed by atoms with Gasteiger partial charge in [-0.1, -0.05) is 13.8 Å². The molecular weight excluding hydrogens is 180 g/mol. The molecular formula is C11H20O3. The monoisotopic (exact) mass is 200 g/mol. The lowest BCUT2D eigenvalue weighted by Gasteiger charge is -2.27. The number of aliphatic hydroxyl groups excluding tert-OH is 1. The summed E-state index contributed by atoms with van der Waals surface area (Å²) in [6.45, 7) is 6.54. The van der Waals surface area contributed by atoms with Crippen LogP contribution in [0.1, 0.15) is 33.6 Å². The fourth-order valence-corrected chi connectivity index (χ4v) is 1.67. The van der Waals surface area contributed by atoms with Crippen LogP contribution < -0.4 is 0 Å². The van der Waals surface area contributed by atoms with Crippen LogP contribution in [0.15, 0.2) is 0 Å². The van der Waals surface area contributed by atoms with Crippen molar-refractivity contribution in [3.8, 4) is 0 Å². The van der Waals surface area contributed by atoms with Gasteiger partial charge in [0, 0.05) is 18.4 Å². The SMILES string of the molecule is C[C@@H]1OC[C@H](CCO)CC(=O)C1(C)C. The second kappa shape index (κ2) is 4.41. The molecule has 1 saturated heterocycles. The van der Waals surface area contributed by atoms with E-state index in [-0.39, 0.29) is 29.8 Å². The Morgan fingerprint density at radius 2 is 2.21 bits per heavy atom. The van der Waals surface area contributed by atoms with Crippen LogP contribution in [-0.4, -0.2) is 30.2 Å². The Bertz CT molecular complexity index is 211. The fourth-order valence-electron chi connectivity index (χ4n) is 1.67. The van der Waals surface area contributed by atoms with E-state index >= 15 is 0 Å². The van der Waals surface area contributed by atoms with Gasteiger partial charge < -0.3 is 9.84 Å². The molecule has 0 bridgehead atoms. The predicted octanol–water partition coefficient (Wildman–Crippen LogP) is 1.39. The molecule has 14 heavy (non-hydrogen) atoms. The van der Waals surface area contributed by atoms with E-state index in [2.05, 4.69) is 0 Å². The van der Waals surface area contributed by atoms with Crippen LogP contribution in [0.2, 0.25) is 0 Å². The molecule has 0 radical (unpaired) electrons. The second-order valence-electron chi connectivity index (χ2n) is 4.70. The summed E-state index contributed by atoms with van der Waals surface area (Å²) in [7, 11) is 0. The van der Waals surface area contributed by atoms with Crippen molar-refractivity contribution < 1.29 is 14.6 Å². The molecule has 1 N–H and O–H groups in total. The van der Waals surface area contributed by atoms with E-state index in [0.717, 1.165) is 0 Å². The molecule has 82 valence electrons. The molecule has 0 spiro atoms. The van der Waals surface area contributed by atoms with Crippen molar-refractivity contribution in [2.45, 2.75) is 39.7 Å². The second-order valence-corrected chi connectivity index (χ2v) is 4.70. The number of carbonyl (C=O) groups excluding carboxylic acids is 1. The summed E-state index contributed by atoms with van der Waals surface area (Å²) in [5.41, 5.74) is -0.385. The van der Waals surface area contributed by atoms with E-state index < -0.39 is 0 Å². The van der Waals surface area contributed by atoms with Crippen LogP contribution in [0.5, 0.6) is 0 Å². The number of aliphatic hydroxyl groups is 1. The number of Topliss-reactive ketones (excluding diaryl/α,β-unsaturated/α-hetero) is 1. The van der Waals surface area contributed by atoms with Crippen molar-refractivity contribution in [2.24, 2.45) is 11.3 Å². The smallest absolute Gasteiger partial charge is 0.141 e. The Morgan fingerprint density at radius 3 is 2.79 bits per heavy atom. The molecule has 1 heterocycles. The zero-order valence-electron chi connectivity index (χ0n) is 9.25. The van der Waals surface area contributed by atoms with Crippen LogP contribution in [0.3, 0.4) is 0 Å². The maximum Gasteiger partial charge on any atom is 0.141 e. The summed E-state index contributed by atoms with van der Waals surface area (Å²) in [5, 5.41) is 8.83. The molecule has 1 rings (SSSR count). The normalized spacial score (nSPS) is 32.7.